The van der Waals surface area contributed by atoms with Crippen LogP contribution in [-0.2, 0) is 0 Å². The van der Waals surface area contributed by atoms with Gasteiger partial charge in [0.05, 0.1) is 28.5 Å². The van der Waals surface area contributed by atoms with Crippen molar-refractivity contribution in [3.05, 3.63) is 82.4 Å². The third-order valence-electron chi connectivity index (χ3n) is 4.79. The maximum atomic E-state index is 6.48. The fourth-order valence-corrected chi connectivity index (χ4v) is 4.47. The second-order valence-electron chi connectivity index (χ2n) is 6.31. The summed E-state index contributed by atoms with van der Waals surface area (Å²) in [5, 5.41) is 5.39. The Bertz CT molecular complexity index is 973. The van der Waals surface area contributed by atoms with E-state index in [0.29, 0.717) is 10.0 Å². The van der Waals surface area contributed by atoms with Crippen LogP contribution in [0, 0.1) is 0 Å². The number of rotatable bonds is 4. The molecule has 0 radical (unpaired) electrons. The van der Waals surface area contributed by atoms with Gasteiger partial charge in [0.2, 0.25) is 0 Å². The Morgan fingerprint density at radius 3 is 2.70 bits per heavy atom. The van der Waals surface area contributed by atoms with Crippen LogP contribution in [0.3, 0.4) is 0 Å². The first-order valence-electron chi connectivity index (χ1n) is 8.71. The molecule has 0 saturated carbocycles. The van der Waals surface area contributed by atoms with Crippen LogP contribution in [0.5, 0.6) is 0 Å². The summed E-state index contributed by atoms with van der Waals surface area (Å²) in [4.78, 5) is 6.74. The van der Waals surface area contributed by atoms with Gasteiger partial charge in [-0.25, -0.2) is 0 Å². The predicted molar refractivity (Wildman–Crippen MR) is 114 cm³/mol. The summed E-state index contributed by atoms with van der Waals surface area (Å²) in [7, 11) is 0. The average Bonchev–Trinajstić information content (AvgIpc) is 3.26. The Hall–Kier alpha value is -2.08. The Kier molecular flexibility index (Phi) is 5.08. The van der Waals surface area contributed by atoms with E-state index in [2.05, 4.69) is 32.8 Å². The highest BCUT2D eigenvalue weighted by Crippen LogP contribution is 2.40. The number of aromatic nitrogens is 2. The van der Waals surface area contributed by atoms with Gasteiger partial charge in [-0.3, -0.25) is 4.98 Å². The molecule has 1 aliphatic rings. The van der Waals surface area contributed by atoms with E-state index in [0.717, 1.165) is 28.7 Å². The van der Waals surface area contributed by atoms with Gasteiger partial charge in [-0.05, 0) is 61.6 Å². The number of nitrogens with one attached hydrogen (secondary N) is 1. The topological polar surface area (TPSA) is 33.1 Å². The molecule has 4 rings (SSSR count). The molecule has 1 aromatic carbocycles. The van der Waals surface area contributed by atoms with Crippen molar-refractivity contribution in [2.24, 2.45) is 0 Å². The lowest BCUT2D eigenvalue weighted by Gasteiger charge is -2.28. The van der Waals surface area contributed by atoms with Gasteiger partial charge in [-0.1, -0.05) is 29.3 Å². The highest BCUT2D eigenvalue weighted by atomic mass is 35.5. The highest BCUT2D eigenvalue weighted by Gasteiger charge is 2.40. The summed E-state index contributed by atoms with van der Waals surface area (Å²) in [6, 6.07) is 15.5. The van der Waals surface area contributed by atoms with E-state index in [4.69, 9.17) is 35.4 Å². The number of likely N-dealkylation sites (N-methyl/N-ethyl adjacent to an activating group) is 1. The second kappa shape index (κ2) is 7.50. The maximum Gasteiger partial charge on any atom is 0.170 e. The third-order valence-corrected chi connectivity index (χ3v) is 5.68. The zero-order valence-electron chi connectivity index (χ0n) is 14.6. The molecule has 0 amide bonds. The first-order valence-corrected chi connectivity index (χ1v) is 9.87. The van der Waals surface area contributed by atoms with E-state index in [9.17, 15) is 0 Å². The van der Waals surface area contributed by atoms with Crippen LogP contribution >= 0.6 is 35.4 Å². The smallest absolute Gasteiger partial charge is 0.170 e. The zero-order valence-corrected chi connectivity index (χ0v) is 17.0. The molecule has 3 aromatic rings. The lowest BCUT2D eigenvalue weighted by molar-refractivity contribution is 0.321. The standard InChI is InChI=1S/C20H18Cl2N4S/c1-2-25-19(18(24-20(25)27)15-6-3-4-10-23-15)17-7-5-11-26(17)16-9-8-13(21)12-14(16)22/h3-12,18-19H,2H2,1H3,(H,24,27)/t18-,19+/m1/s1. The van der Waals surface area contributed by atoms with Crippen molar-refractivity contribution >= 4 is 40.5 Å². The number of thiocarbonyl (C=S) groups is 1. The molecule has 2 aromatic heterocycles. The van der Waals surface area contributed by atoms with Gasteiger partial charge in [0.25, 0.3) is 0 Å². The SMILES string of the molecule is CCN1C(=S)N[C@H](c2ccccn2)[C@@H]1c1cccn1-c1ccc(Cl)cc1Cl. The molecular weight excluding hydrogens is 399 g/mol. The average molecular weight is 417 g/mol. The Balaban J connectivity index is 1.83. The molecule has 7 heteroatoms. The summed E-state index contributed by atoms with van der Waals surface area (Å²) in [5.41, 5.74) is 2.93. The summed E-state index contributed by atoms with van der Waals surface area (Å²) in [6.07, 6.45) is 3.82. The van der Waals surface area contributed by atoms with Crippen molar-refractivity contribution in [3.8, 4) is 5.69 Å². The lowest BCUT2D eigenvalue weighted by atomic mass is 10.0. The number of hydrogen-bond donors (Lipinski definition) is 1. The van der Waals surface area contributed by atoms with E-state index in [1.54, 1.807) is 12.3 Å². The number of pyridine rings is 1. The molecule has 138 valence electrons. The van der Waals surface area contributed by atoms with Gasteiger partial charge in [0, 0.05) is 29.7 Å². The minimum absolute atomic E-state index is 0.000792. The fourth-order valence-electron chi connectivity index (χ4n) is 3.60. The highest BCUT2D eigenvalue weighted by molar-refractivity contribution is 7.80. The summed E-state index contributed by atoms with van der Waals surface area (Å²) in [6.45, 7) is 2.89. The minimum Gasteiger partial charge on any atom is -0.352 e. The van der Waals surface area contributed by atoms with Crippen molar-refractivity contribution in [2.45, 2.75) is 19.0 Å². The van der Waals surface area contributed by atoms with E-state index < -0.39 is 0 Å². The normalized spacial score (nSPS) is 19.4. The van der Waals surface area contributed by atoms with Crippen LogP contribution in [0.25, 0.3) is 5.69 Å². The molecule has 27 heavy (non-hydrogen) atoms. The molecule has 1 saturated heterocycles. The molecule has 1 fully saturated rings. The lowest BCUT2D eigenvalue weighted by Crippen LogP contribution is -2.30. The first-order chi connectivity index (χ1) is 13.1. The van der Waals surface area contributed by atoms with Gasteiger partial charge in [0.1, 0.15) is 0 Å². The Morgan fingerprint density at radius 1 is 1.15 bits per heavy atom. The zero-order chi connectivity index (χ0) is 19.0. The predicted octanol–water partition coefficient (Wildman–Crippen LogP) is 5.17. The molecule has 2 atom stereocenters. The van der Waals surface area contributed by atoms with Crippen LogP contribution in [0.15, 0.2) is 60.9 Å². The summed E-state index contributed by atoms with van der Waals surface area (Å²) < 4.78 is 2.09. The molecule has 3 heterocycles. The van der Waals surface area contributed by atoms with E-state index >= 15 is 0 Å². The van der Waals surface area contributed by atoms with Crippen LogP contribution in [-0.4, -0.2) is 26.1 Å². The quantitative estimate of drug-likeness (QED) is 0.594. The molecule has 0 aliphatic carbocycles. The van der Waals surface area contributed by atoms with E-state index in [-0.39, 0.29) is 12.1 Å². The van der Waals surface area contributed by atoms with Crippen molar-refractivity contribution in [2.75, 3.05) is 6.54 Å². The van der Waals surface area contributed by atoms with Crippen molar-refractivity contribution in [1.29, 1.82) is 0 Å². The Labute approximate surface area is 173 Å². The van der Waals surface area contributed by atoms with E-state index in [1.165, 1.54) is 0 Å². The summed E-state index contributed by atoms with van der Waals surface area (Å²) >= 11 is 18.2. The van der Waals surface area contributed by atoms with Crippen LogP contribution in [0.1, 0.15) is 30.4 Å². The monoisotopic (exact) mass is 416 g/mol. The van der Waals surface area contributed by atoms with Gasteiger partial charge in [0.15, 0.2) is 5.11 Å². The molecular formula is C20H18Cl2N4S. The maximum absolute atomic E-state index is 6.48. The van der Waals surface area contributed by atoms with Crippen LogP contribution in [0.4, 0.5) is 0 Å². The molecule has 0 unspecified atom stereocenters. The van der Waals surface area contributed by atoms with Crippen LogP contribution in [0.2, 0.25) is 10.0 Å². The van der Waals surface area contributed by atoms with Gasteiger partial charge >= 0.3 is 0 Å². The molecule has 1 aliphatic heterocycles. The largest absolute Gasteiger partial charge is 0.352 e. The molecule has 0 spiro atoms. The van der Waals surface area contributed by atoms with E-state index in [1.807, 2.05) is 42.6 Å². The number of benzene rings is 1. The van der Waals surface area contributed by atoms with Crippen LogP contribution < -0.4 is 5.32 Å². The van der Waals surface area contributed by atoms with Gasteiger partial charge < -0.3 is 14.8 Å². The van der Waals surface area contributed by atoms with Crippen molar-refractivity contribution in [3.63, 3.8) is 0 Å². The van der Waals surface area contributed by atoms with Crippen molar-refractivity contribution < 1.29 is 0 Å². The van der Waals surface area contributed by atoms with Crippen molar-refractivity contribution in [1.82, 2.24) is 19.8 Å². The number of nitrogens with zero attached hydrogens (tertiary/aromatic N) is 3. The third kappa shape index (κ3) is 3.31. The van der Waals surface area contributed by atoms with Gasteiger partial charge in [-0.15, -0.1) is 0 Å². The van der Waals surface area contributed by atoms with Gasteiger partial charge in [-0.2, -0.15) is 0 Å². The summed E-state index contributed by atoms with van der Waals surface area (Å²) in [5.74, 6) is 0. The second-order valence-corrected chi connectivity index (χ2v) is 7.54. The molecule has 0 bridgehead atoms. The molecule has 1 N–H and O–H groups in total. The Morgan fingerprint density at radius 2 is 2.00 bits per heavy atom. The first kappa shape index (κ1) is 18.3. The minimum atomic E-state index is -0.0432. The molecule has 4 nitrogen and oxygen atoms in total. The number of halogens is 2. The fraction of sp³-hybridized carbons (Fsp3) is 0.200. The number of hydrogen-bond acceptors (Lipinski definition) is 2.